The van der Waals surface area contributed by atoms with E-state index in [1.54, 1.807) is 14.2 Å². The van der Waals surface area contributed by atoms with E-state index in [2.05, 4.69) is 25.2 Å². The van der Waals surface area contributed by atoms with Crippen molar-refractivity contribution in [1.82, 2.24) is 10.2 Å². The molecule has 1 fully saturated rings. The van der Waals surface area contributed by atoms with E-state index in [-0.39, 0.29) is 18.5 Å². The first-order chi connectivity index (χ1) is 16.3. The Hall–Kier alpha value is -2.03. The summed E-state index contributed by atoms with van der Waals surface area (Å²) in [6.45, 7) is 7.29. The first kappa shape index (κ1) is 28.2. The van der Waals surface area contributed by atoms with E-state index in [1.807, 2.05) is 17.0 Å². The summed E-state index contributed by atoms with van der Waals surface area (Å²) < 4.78 is 16.5. The number of carbonyl (C=O) groups is 1. The highest BCUT2D eigenvalue weighted by Crippen LogP contribution is 2.31. The zero-order valence-corrected chi connectivity index (χ0v) is 21.4. The van der Waals surface area contributed by atoms with Gasteiger partial charge in [-0.3, -0.25) is 0 Å². The van der Waals surface area contributed by atoms with Crippen LogP contribution >= 0.6 is 0 Å². The van der Waals surface area contributed by atoms with Crippen molar-refractivity contribution in [3.05, 3.63) is 23.8 Å². The number of hydrogen-bond donors (Lipinski definition) is 3. The number of piperidine rings is 1. The Morgan fingerprint density at radius 3 is 2.53 bits per heavy atom. The summed E-state index contributed by atoms with van der Waals surface area (Å²) >= 11 is 0. The maximum atomic E-state index is 12.3. The molecule has 0 radical (unpaired) electrons. The lowest BCUT2D eigenvalue weighted by molar-refractivity contribution is 0.120. The molecule has 2 amide bonds. The maximum absolute atomic E-state index is 12.3. The van der Waals surface area contributed by atoms with Crippen molar-refractivity contribution in [3.8, 4) is 11.5 Å². The van der Waals surface area contributed by atoms with Crippen LogP contribution in [0.5, 0.6) is 11.5 Å². The molecular formula is C26H45N3O5. The van der Waals surface area contributed by atoms with Crippen LogP contribution in [0.15, 0.2) is 18.2 Å². The molecule has 0 aromatic heterocycles. The molecule has 0 spiro atoms. The summed E-state index contributed by atoms with van der Waals surface area (Å²) in [5.41, 5.74) is 7.51. The minimum Gasteiger partial charge on any atom is -0.493 e. The minimum atomic E-state index is -0.787. The van der Waals surface area contributed by atoms with Gasteiger partial charge in [-0.05, 0) is 61.6 Å². The number of hydrogen-bond acceptors (Lipinski definition) is 6. The summed E-state index contributed by atoms with van der Waals surface area (Å²) in [6, 6.07) is 5.49. The van der Waals surface area contributed by atoms with Gasteiger partial charge in [-0.1, -0.05) is 19.9 Å². The molecule has 1 saturated heterocycles. The fraction of sp³-hybridized carbons (Fsp3) is 0.731. The zero-order chi connectivity index (χ0) is 24.9. The molecule has 8 heteroatoms. The monoisotopic (exact) mass is 479 g/mol. The Morgan fingerprint density at radius 2 is 1.88 bits per heavy atom. The molecule has 194 valence electrons. The smallest absolute Gasteiger partial charge is 0.317 e. The summed E-state index contributed by atoms with van der Waals surface area (Å²) in [7, 11) is 3.32. The lowest BCUT2D eigenvalue weighted by Crippen LogP contribution is -2.49. The highest BCUT2D eigenvalue weighted by atomic mass is 16.5. The fourth-order valence-corrected chi connectivity index (χ4v) is 4.30. The fourth-order valence-electron chi connectivity index (χ4n) is 4.30. The van der Waals surface area contributed by atoms with Crippen LogP contribution in [0.2, 0.25) is 0 Å². The average molecular weight is 480 g/mol. The molecule has 0 saturated carbocycles. The topological polar surface area (TPSA) is 106 Å². The summed E-state index contributed by atoms with van der Waals surface area (Å²) in [5, 5.41) is 13.5. The third-order valence-corrected chi connectivity index (χ3v) is 6.59. The first-order valence-electron chi connectivity index (χ1n) is 12.6. The van der Waals surface area contributed by atoms with Crippen molar-refractivity contribution in [2.24, 2.45) is 17.6 Å². The second-order valence-electron chi connectivity index (χ2n) is 9.59. The molecule has 0 aliphatic carbocycles. The lowest BCUT2D eigenvalue weighted by atomic mass is 9.83. The van der Waals surface area contributed by atoms with Gasteiger partial charge in [-0.15, -0.1) is 0 Å². The summed E-state index contributed by atoms with van der Waals surface area (Å²) in [5.74, 6) is 2.09. The predicted octanol–water partition coefficient (Wildman–Crippen LogP) is 3.20. The molecule has 3 atom stereocenters. The Labute approximate surface area is 205 Å². The summed E-state index contributed by atoms with van der Waals surface area (Å²) in [6.07, 6.45) is 4.74. The number of methoxy groups -OCH3 is 2. The van der Waals surface area contributed by atoms with Crippen molar-refractivity contribution in [2.45, 2.75) is 64.5 Å². The van der Waals surface area contributed by atoms with Crippen molar-refractivity contribution in [2.75, 3.05) is 47.1 Å². The normalized spacial score (nSPS) is 16.7. The largest absolute Gasteiger partial charge is 0.493 e. The molecular weight excluding hydrogens is 434 g/mol. The van der Waals surface area contributed by atoms with E-state index >= 15 is 0 Å². The van der Waals surface area contributed by atoms with Gasteiger partial charge in [-0.25, -0.2) is 4.79 Å². The number of likely N-dealkylation sites (tertiary alicyclic amines) is 1. The summed E-state index contributed by atoms with van der Waals surface area (Å²) in [4.78, 5) is 14.1. The number of nitrogens with zero attached hydrogens (tertiary/aromatic N) is 1. The van der Waals surface area contributed by atoms with E-state index < -0.39 is 12.1 Å². The minimum absolute atomic E-state index is 0.109. The second-order valence-corrected chi connectivity index (χ2v) is 9.59. The van der Waals surface area contributed by atoms with Gasteiger partial charge in [0.05, 0.1) is 19.8 Å². The van der Waals surface area contributed by atoms with Crippen LogP contribution in [0.25, 0.3) is 0 Å². The molecule has 0 unspecified atom stereocenters. The number of ether oxygens (including phenoxy) is 3. The second kappa shape index (κ2) is 15.1. The van der Waals surface area contributed by atoms with E-state index in [1.165, 1.54) is 6.42 Å². The van der Waals surface area contributed by atoms with Crippen molar-refractivity contribution < 1.29 is 24.1 Å². The van der Waals surface area contributed by atoms with Crippen molar-refractivity contribution in [3.63, 3.8) is 0 Å². The number of nitrogens with one attached hydrogen (secondary N) is 1. The molecule has 1 heterocycles. The molecule has 2 rings (SSSR count). The van der Waals surface area contributed by atoms with Gasteiger partial charge in [0.1, 0.15) is 0 Å². The van der Waals surface area contributed by atoms with Gasteiger partial charge in [0.15, 0.2) is 11.5 Å². The number of urea groups is 1. The standard InChI is InChI=1S/C26H45N3O5/c1-19(2)21(15-20-9-10-24(33-4)25(16-20)34-14-8-13-32-3)17-22(27)23(30)18-28-26(31)29-11-6-5-7-12-29/h9-10,16,19,21-23,30H,5-8,11-15,17-18,27H2,1-4H3,(H,28,31)/t21-,22-,23-/m0/s1. The molecule has 1 aliphatic heterocycles. The van der Waals surface area contributed by atoms with Crippen LogP contribution in [0, 0.1) is 11.8 Å². The Kier molecular flexibility index (Phi) is 12.5. The number of rotatable bonds is 14. The van der Waals surface area contributed by atoms with Gasteiger partial charge in [0.25, 0.3) is 0 Å². The molecule has 1 aromatic carbocycles. The quantitative estimate of drug-likeness (QED) is 0.354. The number of amides is 2. The SMILES string of the molecule is COCCCOc1cc(C[C@@H](C[C@H](N)[C@@H](O)CNC(=O)N2CCCCC2)C(C)C)ccc1OC. The van der Waals surface area contributed by atoms with E-state index in [4.69, 9.17) is 19.9 Å². The molecule has 8 nitrogen and oxygen atoms in total. The highest BCUT2D eigenvalue weighted by Gasteiger charge is 2.24. The van der Waals surface area contributed by atoms with Crippen molar-refractivity contribution >= 4 is 6.03 Å². The van der Waals surface area contributed by atoms with Gasteiger partial charge >= 0.3 is 6.03 Å². The number of nitrogens with two attached hydrogens (primary N) is 1. The van der Waals surface area contributed by atoms with E-state index in [0.29, 0.717) is 31.3 Å². The number of benzene rings is 1. The number of aliphatic hydroxyl groups excluding tert-OH is 1. The van der Waals surface area contributed by atoms with Crippen LogP contribution in [-0.4, -0.2) is 75.3 Å². The maximum Gasteiger partial charge on any atom is 0.317 e. The molecule has 4 N–H and O–H groups in total. The Balaban J connectivity index is 1.91. The van der Waals surface area contributed by atoms with E-state index in [9.17, 15) is 9.90 Å². The lowest BCUT2D eigenvalue weighted by Gasteiger charge is -2.29. The molecule has 1 aliphatic rings. The van der Waals surface area contributed by atoms with Gasteiger partial charge < -0.3 is 35.3 Å². The van der Waals surface area contributed by atoms with E-state index in [0.717, 1.165) is 50.1 Å². The highest BCUT2D eigenvalue weighted by molar-refractivity contribution is 5.74. The first-order valence-corrected chi connectivity index (χ1v) is 12.6. The molecule has 34 heavy (non-hydrogen) atoms. The van der Waals surface area contributed by atoms with Crippen LogP contribution in [0.1, 0.15) is 51.5 Å². The molecule has 0 bridgehead atoms. The van der Waals surface area contributed by atoms with Crippen LogP contribution in [-0.2, 0) is 11.2 Å². The van der Waals surface area contributed by atoms with Gasteiger partial charge in [-0.2, -0.15) is 0 Å². The zero-order valence-electron chi connectivity index (χ0n) is 21.4. The van der Waals surface area contributed by atoms with Crippen molar-refractivity contribution in [1.29, 1.82) is 0 Å². The predicted molar refractivity (Wildman–Crippen MR) is 134 cm³/mol. The van der Waals surface area contributed by atoms with Crippen LogP contribution in [0.4, 0.5) is 4.79 Å². The van der Waals surface area contributed by atoms with Gasteiger partial charge in [0, 0.05) is 45.8 Å². The van der Waals surface area contributed by atoms with Gasteiger partial charge in [0.2, 0.25) is 0 Å². The average Bonchev–Trinajstić information content (AvgIpc) is 2.85. The van der Waals surface area contributed by atoms with Crippen LogP contribution in [0.3, 0.4) is 0 Å². The third-order valence-electron chi connectivity index (χ3n) is 6.59. The van der Waals surface area contributed by atoms with Crippen LogP contribution < -0.4 is 20.5 Å². The number of aliphatic hydroxyl groups is 1. The third kappa shape index (κ3) is 9.31. The Morgan fingerprint density at radius 1 is 1.15 bits per heavy atom. The Bertz CT molecular complexity index is 724. The molecule has 1 aromatic rings. The number of carbonyl (C=O) groups excluding carboxylic acids is 1.